The number of nitrogens with zero attached hydrogens (tertiary/aromatic N) is 2. The molecule has 2 rings (SSSR count). The van der Waals surface area contributed by atoms with Crippen LogP contribution in [0.15, 0.2) is 18.3 Å². The number of fused-ring (bicyclic) bond motifs is 1. The molecular weight excluding hydrogens is 307 g/mol. The summed E-state index contributed by atoms with van der Waals surface area (Å²) in [7, 11) is 3.22. The second-order valence-corrected chi connectivity index (χ2v) is 3.87. The fourth-order valence-corrected chi connectivity index (χ4v) is 1.73. The van der Waals surface area contributed by atoms with Crippen LogP contribution < -0.4 is 9.47 Å². The van der Waals surface area contributed by atoms with E-state index in [1.165, 1.54) is 0 Å². The lowest BCUT2D eigenvalue weighted by Gasteiger charge is -2.08. The van der Waals surface area contributed by atoms with Crippen molar-refractivity contribution >= 4 is 33.5 Å². The zero-order valence-electron chi connectivity index (χ0n) is 8.32. The van der Waals surface area contributed by atoms with Gasteiger partial charge in [0.05, 0.1) is 19.7 Å². The topological polar surface area (TPSA) is 44.2 Å². The Kier molecular flexibility index (Phi) is 2.90. The molecule has 2 aromatic rings. The van der Waals surface area contributed by atoms with E-state index < -0.39 is 0 Å². The Labute approximate surface area is 101 Å². The molecule has 0 fully saturated rings. The lowest BCUT2D eigenvalue weighted by molar-refractivity contribution is 0.356. The summed E-state index contributed by atoms with van der Waals surface area (Å²) >= 11 is 2.08. The van der Waals surface area contributed by atoms with Crippen LogP contribution in [0.1, 0.15) is 0 Å². The van der Waals surface area contributed by atoms with E-state index in [0.29, 0.717) is 15.3 Å². The van der Waals surface area contributed by atoms with Gasteiger partial charge in [-0.25, -0.2) is 9.97 Å². The quantitative estimate of drug-likeness (QED) is 0.630. The molecule has 0 amide bonds. The maximum atomic E-state index is 5.20. The predicted octanol–water partition coefficient (Wildman–Crippen LogP) is 2.25. The molecule has 0 aliphatic heterocycles. The summed E-state index contributed by atoms with van der Waals surface area (Å²) in [6.07, 6.45) is 1.77. The summed E-state index contributed by atoms with van der Waals surface area (Å²) in [5, 5.41) is 0.938. The van der Waals surface area contributed by atoms with E-state index in [2.05, 4.69) is 32.6 Å². The second-order valence-electron chi connectivity index (χ2n) is 2.91. The molecule has 4 nitrogen and oxygen atoms in total. The van der Waals surface area contributed by atoms with Crippen LogP contribution in [0.3, 0.4) is 0 Å². The van der Waals surface area contributed by atoms with Gasteiger partial charge in [0.2, 0.25) is 0 Å². The summed E-state index contributed by atoms with van der Waals surface area (Å²) in [4.78, 5) is 8.42. The molecule has 1 aromatic heterocycles. The van der Waals surface area contributed by atoms with Gasteiger partial charge in [0.1, 0.15) is 0 Å². The molecular formula is C10H9IN2O2. The number of rotatable bonds is 2. The van der Waals surface area contributed by atoms with Crippen molar-refractivity contribution in [1.29, 1.82) is 0 Å². The van der Waals surface area contributed by atoms with E-state index in [-0.39, 0.29) is 0 Å². The number of hydrogen-bond acceptors (Lipinski definition) is 4. The molecule has 0 bridgehead atoms. The highest BCUT2D eigenvalue weighted by atomic mass is 127. The number of halogens is 1. The lowest BCUT2D eigenvalue weighted by atomic mass is 10.2. The lowest BCUT2D eigenvalue weighted by Crippen LogP contribution is -1.93. The minimum atomic E-state index is 0.680. The van der Waals surface area contributed by atoms with E-state index in [9.17, 15) is 0 Å². The molecule has 0 atom stereocenters. The van der Waals surface area contributed by atoms with Gasteiger partial charge in [-0.05, 0) is 6.07 Å². The first-order chi connectivity index (χ1) is 7.24. The normalized spacial score (nSPS) is 10.3. The van der Waals surface area contributed by atoms with Crippen molar-refractivity contribution in [3.63, 3.8) is 0 Å². The highest BCUT2D eigenvalue weighted by molar-refractivity contribution is 14.1. The first-order valence-electron chi connectivity index (χ1n) is 4.29. The van der Waals surface area contributed by atoms with E-state index in [4.69, 9.17) is 9.47 Å². The first-order valence-corrected chi connectivity index (χ1v) is 5.36. The van der Waals surface area contributed by atoms with Crippen LogP contribution >= 0.6 is 22.6 Å². The summed E-state index contributed by atoms with van der Waals surface area (Å²) in [5.41, 5.74) is 0.854. The van der Waals surface area contributed by atoms with Crippen LogP contribution in [0.25, 0.3) is 10.9 Å². The van der Waals surface area contributed by atoms with Crippen LogP contribution in [0, 0.1) is 3.83 Å². The smallest absolute Gasteiger partial charge is 0.191 e. The summed E-state index contributed by atoms with van der Waals surface area (Å²) in [6.45, 7) is 0. The average Bonchev–Trinajstić information content (AvgIpc) is 2.27. The standard InChI is InChI=1S/C10H9IN2O2/c1-14-8-3-6-5-12-10(11)13-7(6)4-9(8)15-2/h3-5H,1-2H3. The van der Waals surface area contributed by atoms with Gasteiger partial charge in [0.25, 0.3) is 0 Å². The highest BCUT2D eigenvalue weighted by Crippen LogP contribution is 2.30. The van der Waals surface area contributed by atoms with Gasteiger partial charge < -0.3 is 9.47 Å². The molecule has 0 spiro atoms. The van der Waals surface area contributed by atoms with Crippen molar-refractivity contribution in [3.05, 3.63) is 22.2 Å². The summed E-state index contributed by atoms with van der Waals surface area (Å²) in [5.74, 6) is 1.37. The number of ether oxygens (including phenoxy) is 2. The first kappa shape index (κ1) is 10.4. The fourth-order valence-electron chi connectivity index (χ4n) is 1.34. The maximum absolute atomic E-state index is 5.20. The molecule has 0 radical (unpaired) electrons. The summed E-state index contributed by atoms with van der Waals surface area (Å²) < 4.78 is 11.1. The van der Waals surface area contributed by atoms with Crippen LogP contribution in [-0.4, -0.2) is 24.2 Å². The third-order valence-electron chi connectivity index (χ3n) is 2.06. The molecule has 15 heavy (non-hydrogen) atoms. The molecule has 0 N–H and O–H groups in total. The Hall–Kier alpha value is -1.11. The average molecular weight is 316 g/mol. The van der Waals surface area contributed by atoms with E-state index in [1.807, 2.05) is 12.1 Å². The van der Waals surface area contributed by atoms with Crippen molar-refractivity contribution in [2.45, 2.75) is 0 Å². The minimum Gasteiger partial charge on any atom is -0.493 e. The number of hydrogen-bond donors (Lipinski definition) is 0. The van der Waals surface area contributed by atoms with Gasteiger partial charge in [-0.1, -0.05) is 0 Å². The largest absolute Gasteiger partial charge is 0.493 e. The number of benzene rings is 1. The van der Waals surface area contributed by atoms with Crippen molar-refractivity contribution in [1.82, 2.24) is 9.97 Å². The molecule has 5 heteroatoms. The van der Waals surface area contributed by atoms with E-state index in [0.717, 1.165) is 10.9 Å². The Balaban J connectivity index is 2.69. The zero-order valence-corrected chi connectivity index (χ0v) is 10.5. The van der Waals surface area contributed by atoms with Crippen molar-refractivity contribution < 1.29 is 9.47 Å². The molecule has 1 heterocycles. The zero-order chi connectivity index (χ0) is 10.8. The molecule has 0 aliphatic carbocycles. The van der Waals surface area contributed by atoms with Crippen molar-refractivity contribution in [2.75, 3.05) is 14.2 Å². The third-order valence-corrected chi connectivity index (χ3v) is 2.58. The van der Waals surface area contributed by atoms with E-state index >= 15 is 0 Å². The van der Waals surface area contributed by atoms with Crippen LogP contribution in [0.2, 0.25) is 0 Å². The Morgan fingerprint density at radius 3 is 2.47 bits per heavy atom. The number of methoxy groups -OCH3 is 2. The Bertz CT molecular complexity index is 502. The highest BCUT2D eigenvalue weighted by Gasteiger charge is 2.07. The SMILES string of the molecule is COc1cc2cnc(I)nc2cc1OC. The van der Waals surface area contributed by atoms with E-state index in [1.54, 1.807) is 20.4 Å². The minimum absolute atomic E-state index is 0.680. The van der Waals surface area contributed by atoms with Gasteiger partial charge in [-0.3, -0.25) is 0 Å². The fraction of sp³-hybridized carbons (Fsp3) is 0.200. The van der Waals surface area contributed by atoms with Crippen LogP contribution in [0.5, 0.6) is 11.5 Å². The van der Waals surface area contributed by atoms with Crippen molar-refractivity contribution in [2.24, 2.45) is 0 Å². The summed E-state index contributed by atoms with van der Waals surface area (Å²) in [6, 6.07) is 3.71. The van der Waals surface area contributed by atoms with Gasteiger partial charge in [-0.15, -0.1) is 0 Å². The predicted molar refractivity (Wildman–Crippen MR) is 65.4 cm³/mol. The van der Waals surface area contributed by atoms with Gasteiger partial charge in [-0.2, -0.15) is 0 Å². The molecule has 0 aliphatic rings. The molecule has 1 aromatic carbocycles. The third kappa shape index (κ3) is 1.97. The van der Waals surface area contributed by atoms with Gasteiger partial charge in [0, 0.05) is 40.2 Å². The molecule has 78 valence electrons. The Morgan fingerprint density at radius 1 is 1.13 bits per heavy atom. The molecule has 0 unspecified atom stereocenters. The van der Waals surface area contributed by atoms with Crippen molar-refractivity contribution in [3.8, 4) is 11.5 Å². The molecule has 0 saturated carbocycles. The number of aromatic nitrogens is 2. The van der Waals surface area contributed by atoms with Gasteiger partial charge in [0.15, 0.2) is 15.3 Å². The molecule has 0 saturated heterocycles. The van der Waals surface area contributed by atoms with Gasteiger partial charge >= 0.3 is 0 Å². The second kappa shape index (κ2) is 4.18. The Morgan fingerprint density at radius 2 is 1.80 bits per heavy atom. The monoisotopic (exact) mass is 316 g/mol. The van der Waals surface area contributed by atoms with Crippen LogP contribution in [0.4, 0.5) is 0 Å². The van der Waals surface area contributed by atoms with Crippen LogP contribution in [-0.2, 0) is 0 Å². The maximum Gasteiger partial charge on any atom is 0.191 e.